The average Bonchev–Trinajstić information content (AvgIpc) is 1.96. The highest BCUT2D eigenvalue weighted by Crippen LogP contribution is 2.04. The Bertz CT molecular complexity index is 141. The van der Waals surface area contributed by atoms with E-state index in [1.807, 2.05) is 0 Å². The summed E-state index contributed by atoms with van der Waals surface area (Å²) in [6.45, 7) is 1.64. The second-order valence-corrected chi connectivity index (χ2v) is 2.82. The molecule has 0 saturated heterocycles. The molecule has 62 valence electrons. The van der Waals surface area contributed by atoms with Crippen LogP contribution in [0.2, 0.25) is 0 Å². The molecule has 0 rings (SSSR count). The Morgan fingerprint density at radius 2 is 1.91 bits per heavy atom. The van der Waals surface area contributed by atoms with E-state index >= 15 is 0 Å². The normalized spacial score (nSPS) is 9.09. The molecule has 0 spiro atoms. The molecule has 1 heteroatoms. The summed E-state index contributed by atoms with van der Waals surface area (Å²) in [5.41, 5.74) is 0. The van der Waals surface area contributed by atoms with Gasteiger partial charge in [0, 0.05) is 12.8 Å². The molecule has 0 aromatic rings. The molecule has 0 radical (unpaired) electrons. The fourth-order valence-electron chi connectivity index (χ4n) is 0.955. The van der Waals surface area contributed by atoms with E-state index < -0.39 is 0 Å². The van der Waals surface area contributed by atoms with Crippen LogP contribution in [0.1, 0.15) is 45.4 Å². The van der Waals surface area contributed by atoms with E-state index in [4.69, 9.17) is 6.42 Å². The molecule has 0 aliphatic rings. The van der Waals surface area contributed by atoms with Crippen LogP contribution < -0.4 is 0 Å². The average molecular weight is 152 g/mol. The molecule has 0 N–H and O–H groups in total. The van der Waals surface area contributed by atoms with E-state index in [2.05, 4.69) is 5.92 Å². The van der Waals surface area contributed by atoms with Crippen molar-refractivity contribution in [3.8, 4) is 12.3 Å². The monoisotopic (exact) mass is 152 g/mol. The lowest BCUT2D eigenvalue weighted by Gasteiger charge is -1.95. The van der Waals surface area contributed by atoms with Gasteiger partial charge in [-0.2, -0.15) is 0 Å². The van der Waals surface area contributed by atoms with Crippen molar-refractivity contribution in [2.45, 2.75) is 45.4 Å². The first-order chi connectivity index (χ1) is 5.27. The molecular formula is C10H16O. The smallest absolute Gasteiger partial charge is 0.129 e. The zero-order valence-corrected chi connectivity index (χ0v) is 7.23. The third-order valence-electron chi connectivity index (χ3n) is 1.60. The highest BCUT2D eigenvalue weighted by Gasteiger charge is 1.92. The van der Waals surface area contributed by atoms with Gasteiger partial charge in [0.25, 0.3) is 0 Å². The predicted molar refractivity (Wildman–Crippen MR) is 47.2 cm³/mol. The fourth-order valence-corrected chi connectivity index (χ4v) is 0.955. The molecule has 0 heterocycles. The van der Waals surface area contributed by atoms with Crippen molar-refractivity contribution in [1.29, 1.82) is 0 Å². The van der Waals surface area contributed by atoms with Crippen LogP contribution in [0.3, 0.4) is 0 Å². The number of hydrogen-bond acceptors (Lipinski definition) is 1. The standard InChI is InChI=1S/C10H16O/c1-3-4-5-6-7-8-9-10(2)11/h1H,4-9H2,2H3. The van der Waals surface area contributed by atoms with Crippen LogP contribution in [-0.2, 0) is 4.79 Å². The van der Waals surface area contributed by atoms with Crippen molar-refractivity contribution in [1.82, 2.24) is 0 Å². The number of rotatable bonds is 6. The van der Waals surface area contributed by atoms with Gasteiger partial charge in [0.1, 0.15) is 5.78 Å². The lowest BCUT2D eigenvalue weighted by molar-refractivity contribution is -0.117. The number of terminal acetylenes is 1. The third-order valence-corrected chi connectivity index (χ3v) is 1.60. The largest absolute Gasteiger partial charge is 0.300 e. The Balaban J connectivity index is 2.92. The lowest BCUT2D eigenvalue weighted by Crippen LogP contribution is -1.88. The highest BCUT2D eigenvalue weighted by molar-refractivity contribution is 5.75. The van der Waals surface area contributed by atoms with Crippen LogP contribution in [-0.4, -0.2) is 5.78 Å². The molecule has 0 amide bonds. The Labute approximate surface area is 69.2 Å². The number of Topliss-reactive ketones (excluding diaryl/α,β-unsaturated/α-hetero) is 1. The minimum Gasteiger partial charge on any atom is -0.300 e. The van der Waals surface area contributed by atoms with Gasteiger partial charge in [0.05, 0.1) is 0 Å². The lowest BCUT2D eigenvalue weighted by atomic mass is 10.1. The Morgan fingerprint density at radius 3 is 2.45 bits per heavy atom. The van der Waals surface area contributed by atoms with Gasteiger partial charge in [0.15, 0.2) is 0 Å². The molecule has 0 unspecified atom stereocenters. The summed E-state index contributed by atoms with van der Waals surface area (Å²) in [7, 11) is 0. The van der Waals surface area contributed by atoms with Crippen molar-refractivity contribution in [3.05, 3.63) is 0 Å². The van der Waals surface area contributed by atoms with Crippen molar-refractivity contribution in [3.63, 3.8) is 0 Å². The van der Waals surface area contributed by atoms with Crippen molar-refractivity contribution < 1.29 is 4.79 Å². The Morgan fingerprint density at radius 1 is 1.27 bits per heavy atom. The summed E-state index contributed by atoms with van der Waals surface area (Å²) >= 11 is 0. The van der Waals surface area contributed by atoms with Gasteiger partial charge < -0.3 is 4.79 Å². The van der Waals surface area contributed by atoms with Gasteiger partial charge in [0.2, 0.25) is 0 Å². The number of hydrogen-bond donors (Lipinski definition) is 0. The third kappa shape index (κ3) is 9.23. The summed E-state index contributed by atoms with van der Waals surface area (Å²) in [6.07, 6.45) is 11.1. The van der Waals surface area contributed by atoms with Crippen LogP contribution in [0.25, 0.3) is 0 Å². The minimum absolute atomic E-state index is 0.293. The van der Waals surface area contributed by atoms with E-state index in [9.17, 15) is 4.79 Å². The highest BCUT2D eigenvalue weighted by atomic mass is 16.1. The molecule has 0 bridgehead atoms. The topological polar surface area (TPSA) is 17.1 Å². The molecule has 0 aliphatic heterocycles. The van der Waals surface area contributed by atoms with Crippen LogP contribution in [0.4, 0.5) is 0 Å². The molecular weight excluding hydrogens is 136 g/mol. The molecule has 1 nitrogen and oxygen atoms in total. The summed E-state index contributed by atoms with van der Waals surface area (Å²) in [6, 6.07) is 0. The number of carbonyl (C=O) groups excluding carboxylic acids is 1. The van der Waals surface area contributed by atoms with Crippen molar-refractivity contribution >= 4 is 5.78 Å². The SMILES string of the molecule is C#CCCCCCCC(C)=O. The van der Waals surface area contributed by atoms with E-state index in [1.165, 1.54) is 0 Å². The Hall–Kier alpha value is -0.770. The first kappa shape index (κ1) is 10.2. The number of ketones is 1. The first-order valence-electron chi connectivity index (χ1n) is 4.20. The quantitative estimate of drug-likeness (QED) is 0.422. The van der Waals surface area contributed by atoms with Crippen molar-refractivity contribution in [2.24, 2.45) is 0 Å². The predicted octanol–water partition coefficient (Wildman–Crippen LogP) is 2.55. The summed E-state index contributed by atoms with van der Waals surface area (Å²) in [5, 5.41) is 0. The summed E-state index contributed by atoms with van der Waals surface area (Å²) < 4.78 is 0. The molecule has 0 aromatic heterocycles. The summed E-state index contributed by atoms with van der Waals surface area (Å²) in [4.78, 5) is 10.5. The van der Waals surface area contributed by atoms with Gasteiger partial charge in [-0.15, -0.1) is 12.3 Å². The maximum absolute atomic E-state index is 10.5. The zero-order valence-electron chi connectivity index (χ0n) is 7.23. The van der Waals surface area contributed by atoms with Gasteiger partial charge in [-0.25, -0.2) is 0 Å². The Kier molecular flexibility index (Phi) is 6.82. The molecule has 11 heavy (non-hydrogen) atoms. The maximum atomic E-state index is 10.5. The van der Waals surface area contributed by atoms with Crippen LogP contribution in [0, 0.1) is 12.3 Å². The van der Waals surface area contributed by atoms with E-state index in [1.54, 1.807) is 6.92 Å². The van der Waals surface area contributed by atoms with Crippen LogP contribution in [0.15, 0.2) is 0 Å². The fraction of sp³-hybridized carbons (Fsp3) is 0.700. The first-order valence-corrected chi connectivity index (χ1v) is 4.20. The zero-order chi connectivity index (χ0) is 8.53. The van der Waals surface area contributed by atoms with Gasteiger partial charge >= 0.3 is 0 Å². The number of unbranched alkanes of at least 4 members (excludes halogenated alkanes) is 4. The molecule has 0 aliphatic carbocycles. The van der Waals surface area contributed by atoms with Gasteiger partial charge in [-0.05, 0) is 19.8 Å². The van der Waals surface area contributed by atoms with E-state index in [-0.39, 0.29) is 0 Å². The van der Waals surface area contributed by atoms with Gasteiger partial charge in [-0.3, -0.25) is 0 Å². The van der Waals surface area contributed by atoms with Gasteiger partial charge in [-0.1, -0.05) is 12.8 Å². The number of carbonyl (C=O) groups is 1. The maximum Gasteiger partial charge on any atom is 0.129 e. The summed E-state index contributed by atoms with van der Waals surface area (Å²) in [5.74, 6) is 2.89. The molecule has 0 saturated carbocycles. The second-order valence-electron chi connectivity index (χ2n) is 2.82. The van der Waals surface area contributed by atoms with Crippen molar-refractivity contribution in [2.75, 3.05) is 0 Å². The second kappa shape index (κ2) is 7.34. The minimum atomic E-state index is 0.293. The van der Waals surface area contributed by atoms with Crippen LogP contribution in [0.5, 0.6) is 0 Å². The van der Waals surface area contributed by atoms with Crippen LogP contribution >= 0.6 is 0 Å². The van der Waals surface area contributed by atoms with E-state index in [0.29, 0.717) is 5.78 Å². The van der Waals surface area contributed by atoms with E-state index in [0.717, 1.165) is 38.5 Å². The molecule has 0 fully saturated rings. The molecule has 0 aromatic carbocycles. The molecule has 0 atom stereocenters.